The number of hydrogen-bond donors (Lipinski definition) is 3. The Morgan fingerprint density at radius 1 is 1.26 bits per heavy atom. The highest BCUT2D eigenvalue weighted by molar-refractivity contribution is 7.89. The fourth-order valence-corrected chi connectivity index (χ4v) is 2.02. The number of anilines is 1. The quantitative estimate of drug-likeness (QED) is 0.487. The van der Waals surface area contributed by atoms with E-state index in [0.29, 0.717) is 11.3 Å². The number of carbonyl (C=O) groups is 1. The lowest BCUT2D eigenvalue weighted by atomic mass is 10.2. The summed E-state index contributed by atoms with van der Waals surface area (Å²) in [6.45, 7) is 0.0657. The van der Waals surface area contributed by atoms with E-state index in [2.05, 4.69) is 10.7 Å². The van der Waals surface area contributed by atoms with Gasteiger partial charge in [-0.2, -0.15) is 0 Å². The van der Waals surface area contributed by atoms with Crippen LogP contribution in [-0.2, 0) is 10.0 Å². The molecule has 1 rings (SSSR count). The van der Waals surface area contributed by atoms with E-state index in [1.807, 2.05) is 0 Å². The molecule has 0 aliphatic carbocycles. The van der Waals surface area contributed by atoms with Gasteiger partial charge < -0.3 is 10.7 Å². The van der Waals surface area contributed by atoms with Gasteiger partial charge in [-0.05, 0) is 24.3 Å². The number of nitrogens with zero attached hydrogens (tertiary/aromatic N) is 1. The van der Waals surface area contributed by atoms with Crippen molar-refractivity contribution in [2.45, 2.75) is 0 Å². The van der Waals surface area contributed by atoms with Gasteiger partial charge in [0, 0.05) is 31.9 Å². The molecule has 0 saturated heterocycles. The molecule has 1 amide bonds. The maximum Gasteiger partial charge on any atom is 0.251 e. The van der Waals surface area contributed by atoms with Crippen LogP contribution in [0.2, 0.25) is 0 Å². The molecule has 8 heteroatoms. The highest BCUT2D eigenvalue weighted by Crippen LogP contribution is 2.07. The van der Waals surface area contributed by atoms with Crippen LogP contribution in [0.5, 0.6) is 0 Å². The zero-order valence-corrected chi connectivity index (χ0v) is 11.7. The van der Waals surface area contributed by atoms with Gasteiger partial charge in [0.15, 0.2) is 0 Å². The molecule has 1 aromatic carbocycles. The molecule has 4 N–H and O–H groups in total. The molecule has 7 nitrogen and oxygen atoms in total. The van der Waals surface area contributed by atoms with Gasteiger partial charge >= 0.3 is 0 Å². The van der Waals surface area contributed by atoms with Crippen LogP contribution < -0.4 is 16.6 Å². The van der Waals surface area contributed by atoms with E-state index in [-0.39, 0.29) is 18.2 Å². The summed E-state index contributed by atoms with van der Waals surface area (Å²) in [5.74, 6) is 4.76. The van der Waals surface area contributed by atoms with Crippen LogP contribution in [-0.4, -0.2) is 45.0 Å². The fraction of sp³-hybridized carbons (Fsp3) is 0.364. The molecule has 106 valence electrons. The number of amides is 1. The Bertz CT molecular complexity index is 525. The number of sulfonamides is 1. The van der Waals surface area contributed by atoms with Gasteiger partial charge in [-0.1, -0.05) is 0 Å². The maximum atomic E-state index is 11.7. The highest BCUT2D eigenvalue weighted by atomic mass is 32.2. The molecule has 0 aromatic heterocycles. The normalized spacial score (nSPS) is 11.4. The molecule has 0 unspecified atom stereocenters. The molecular weight excluding hydrogens is 268 g/mol. The minimum Gasteiger partial charge on any atom is -0.351 e. The van der Waals surface area contributed by atoms with Crippen LogP contribution in [0.15, 0.2) is 24.3 Å². The van der Waals surface area contributed by atoms with E-state index in [4.69, 9.17) is 5.84 Å². The second kappa shape index (κ2) is 6.50. The van der Waals surface area contributed by atoms with Crippen molar-refractivity contribution in [2.24, 2.45) is 5.84 Å². The van der Waals surface area contributed by atoms with Crippen LogP contribution in [0, 0.1) is 0 Å². The topological polar surface area (TPSA) is 105 Å². The maximum absolute atomic E-state index is 11.7. The number of benzene rings is 1. The summed E-state index contributed by atoms with van der Waals surface area (Å²) in [5, 5.41) is 2.55. The Balaban J connectivity index is 2.52. The smallest absolute Gasteiger partial charge is 0.251 e. The number of hydrazine groups is 1. The molecular formula is C11H18N4O3S. The molecule has 19 heavy (non-hydrogen) atoms. The van der Waals surface area contributed by atoms with Crippen molar-refractivity contribution in [3.63, 3.8) is 0 Å². The van der Waals surface area contributed by atoms with Gasteiger partial charge in [0.1, 0.15) is 0 Å². The van der Waals surface area contributed by atoms with Crippen molar-refractivity contribution in [3.8, 4) is 0 Å². The minimum absolute atomic E-state index is 0.0657. The third-order valence-corrected chi connectivity index (χ3v) is 4.35. The van der Waals surface area contributed by atoms with E-state index in [1.165, 1.54) is 14.1 Å². The van der Waals surface area contributed by atoms with Crippen molar-refractivity contribution in [3.05, 3.63) is 29.8 Å². The zero-order chi connectivity index (χ0) is 14.5. The lowest BCUT2D eigenvalue weighted by Crippen LogP contribution is -2.33. The van der Waals surface area contributed by atoms with Crippen LogP contribution in [0.4, 0.5) is 5.69 Å². The second-order valence-electron chi connectivity index (χ2n) is 4.08. The lowest BCUT2D eigenvalue weighted by molar-refractivity contribution is 0.0956. The number of nitrogens with two attached hydrogens (primary N) is 1. The van der Waals surface area contributed by atoms with Gasteiger partial charge in [0.25, 0.3) is 5.91 Å². The summed E-state index contributed by atoms with van der Waals surface area (Å²) in [6, 6.07) is 6.52. The van der Waals surface area contributed by atoms with E-state index in [1.54, 1.807) is 24.3 Å². The van der Waals surface area contributed by atoms with Crippen molar-refractivity contribution in [1.29, 1.82) is 0 Å². The van der Waals surface area contributed by atoms with E-state index in [9.17, 15) is 13.2 Å². The predicted molar refractivity (Wildman–Crippen MR) is 74.1 cm³/mol. The molecule has 0 heterocycles. The molecule has 1 aromatic rings. The third kappa shape index (κ3) is 4.51. The van der Waals surface area contributed by atoms with Gasteiger partial charge in [0.05, 0.1) is 5.75 Å². The molecule has 0 spiro atoms. The van der Waals surface area contributed by atoms with Crippen molar-refractivity contribution in [1.82, 2.24) is 9.62 Å². The summed E-state index contributed by atoms with van der Waals surface area (Å²) in [7, 11) is -0.387. The van der Waals surface area contributed by atoms with Crippen LogP contribution in [0.3, 0.4) is 0 Å². The summed E-state index contributed by atoms with van der Waals surface area (Å²) >= 11 is 0. The number of rotatable bonds is 6. The first-order valence-corrected chi connectivity index (χ1v) is 7.23. The molecule has 0 radical (unpaired) electrons. The molecule has 0 bridgehead atoms. The lowest BCUT2D eigenvalue weighted by Gasteiger charge is -2.11. The Morgan fingerprint density at radius 2 is 1.84 bits per heavy atom. The summed E-state index contributed by atoms with van der Waals surface area (Å²) < 4.78 is 24.1. The zero-order valence-electron chi connectivity index (χ0n) is 10.9. The van der Waals surface area contributed by atoms with Gasteiger partial charge in [0.2, 0.25) is 10.0 Å². The average molecular weight is 286 g/mol. The first-order valence-electron chi connectivity index (χ1n) is 5.62. The Labute approximate surface area is 112 Å². The van der Waals surface area contributed by atoms with E-state index >= 15 is 0 Å². The summed E-state index contributed by atoms with van der Waals surface area (Å²) in [4.78, 5) is 11.7. The molecule has 0 fully saturated rings. The van der Waals surface area contributed by atoms with E-state index in [0.717, 1.165) is 4.31 Å². The first kappa shape index (κ1) is 15.4. The summed E-state index contributed by atoms with van der Waals surface area (Å²) in [6.07, 6.45) is 0. The standard InChI is InChI=1S/C11H18N4O3S/c1-15(2)19(17,18)8-7-13-11(16)9-3-5-10(14-12)6-4-9/h3-6,14H,7-8,12H2,1-2H3,(H,13,16). The van der Waals surface area contributed by atoms with Gasteiger partial charge in [-0.15, -0.1) is 0 Å². The Morgan fingerprint density at radius 3 is 2.32 bits per heavy atom. The van der Waals surface area contributed by atoms with Crippen molar-refractivity contribution < 1.29 is 13.2 Å². The summed E-state index contributed by atoms with van der Waals surface area (Å²) in [5.41, 5.74) is 3.58. The van der Waals surface area contributed by atoms with Crippen LogP contribution >= 0.6 is 0 Å². The average Bonchev–Trinajstić information content (AvgIpc) is 2.38. The van der Waals surface area contributed by atoms with Gasteiger partial charge in [-0.25, -0.2) is 12.7 Å². The largest absolute Gasteiger partial charge is 0.351 e. The SMILES string of the molecule is CN(C)S(=O)(=O)CCNC(=O)c1ccc(NN)cc1. The third-order valence-electron chi connectivity index (χ3n) is 2.52. The van der Waals surface area contributed by atoms with E-state index < -0.39 is 10.0 Å². The Hall–Kier alpha value is -1.64. The minimum atomic E-state index is -3.29. The van der Waals surface area contributed by atoms with Crippen molar-refractivity contribution >= 4 is 21.6 Å². The highest BCUT2D eigenvalue weighted by Gasteiger charge is 2.14. The van der Waals surface area contributed by atoms with Gasteiger partial charge in [-0.3, -0.25) is 10.6 Å². The first-order chi connectivity index (χ1) is 8.86. The predicted octanol–water partition coefficient (Wildman–Crippen LogP) is -0.407. The number of carbonyl (C=O) groups excluding carboxylic acids is 1. The van der Waals surface area contributed by atoms with Crippen LogP contribution in [0.1, 0.15) is 10.4 Å². The molecule has 0 saturated carbocycles. The van der Waals surface area contributed by atoms with Crippen LogP contribution in [0.25, 0.3) is 0 Å². The molecule has 0 atom stereocenters. The van der Waals surface area contributed by atoms with Crippen molar-refractivity contribution in [2.75, 3.05) is 31.8 Å². The number of nitrogens with one attached hydrogen (secondary N) is 2. The second-order valence-corrected chi connectivity index (χ2v) is 6.38. The monoisotopic (exact) mass is 286 g/mol. The Kier molecular flexibility index (Phi) is 5.28. The molecule has 0 aliphatic rings. The number of nitrogen functional groups attached to an aromatic ring is 1. The fourth-order valence-electron chi connectivity index (χ4n) is 1.30. The number of hydrogen-bond acceptors (Lipinski definition) is 5. The molecule has 0 aliphatic heterocycles.